The fraction of sp³-hybridized carbons (Fsp3) is 0.455. The van der Waals surface area contributed by atoms with Crippen molar-refractivity contribution in [3.05, 3.63) is 66.2 Å². The Hall–Kier alpha value is -4.16. The third-order valence-electron chi connectivity index (χ3n) is 8.98. The van der Waals surface area contributed by atoms with E-state index in [0.717, 1.165) is 42.8 Å². The van der Waals surface area contributed by atoms with E-state index in [2.05, 4.69) is 78.9 Å². The number of nitrogens with zero attached hydrogens (tertiary/aromatic N) is 6. The summed E-state index contributed by atoms with van der Waals surface area (Å²) in [4.78, 5) is 28.5. The molecule has 4 atom stereocenters. The van der Waals surface area contributed by atoms with Gasteiger partial charge in [0.1, 0.15) is 18.5 Å². The summed E-state index contributed by atoms with van der Waals surface area (Å²) in [6, 6.07) is 17.4. The molecule has 2 saturated heterocycles. The van der Waals surface area contributed by atoms with E-state index < -0.39 is 0 Å². The van der Waals surface area contributed by atoms with Gasteiger partial charge in [-0.25, -0.2) is 0 Å². The fourth-order valence-electron chi connectivity index (χ4n) is 6.66. The van der Waals surface area contributed by atoms with E-state index in [0.29, 0.717) is 44.2 Å². The van der Waals surface area contributed by atoms with Gasteiger partial charge in [0.15, 0.2) is 0 Å². The van der Waals surface area contributed by atoms with Crippen LogP contribution >= 0.6 is 0 Å². The average Bonchev–Trinajstić information content (AvgIpc) is 3.43. The van der Waals surface area contributed by atoms with Crippen molar-refractivity contribution in [1.82, 2.24) is 19.8 Å². The van der Waals surface area contributed by atoms with Gasteiger partial charge < -0.3 is 24.2 Å². The number of nitriles is 1. The molecule has 3 aromatic rings. The summed E-state index contributed by atoms with van der Waals surface area (Å²) < 4.78 is 13.0. The second-order valence-electron chi connectivity index (χ2n) is 11.7. The van der Waals surface area contributed by atoms with E-state index in [1.165, 1.54) is 16.8 Å². The van der Waals surface area contributed by atoms with Crippen molar-refractivity contribution in [1.29, 1.82) is 5.26 Å². The van der Waals surface area contributed by atoms with Crippen LogP contribution in [-0.4, -0.2) is 77.6 Å². The Balaban J connectivity index is 1.35. The first-order chi connectivity index (χ1) is 20.5. The number of ether oxygens (including phenoxy) is 2. The third kappa shape index (κ3) is 5.39. The topological polar surface area (TPSA) is 94.8 Å². The van der Waals surface area contributed by atoms with Crippen molar-refractivity contribution in [2.45, 2.75) is 50.8 Å². The van der Waals surface area contributed by atoms with E-state index in [9.17, 15) is 10.1 Å². The van der Waals surface area contributed by atoms with Crippen molar-refractivity contribution >= 4 is 22.5 Å². The van der Waals surface area contributed by atoms with Gasteiger partial charge in [-0.2, -0.15) is 15.2 Å². The van der Waals surface area contributed by atoms with Crippen LogP contribution in [0, 0.1) is 17.2 Å². The van der Waals surface area contributed by atoms with Crippen LogP contribution in [0.2, 0.25) is 0 Å². The Bertz CT molecular complexity index is 1510. The second-order valence-corrected chi connectivity index (χ2v) is 11.7. The molecule has 0 N–H and O–H groups in total. The van der Waals surface area contributed by atoms with E-state index in [1.54, 1.807) is 4.90 Å². The molecule has 2 fully saturated rings. The number of carbonyl (C=O) groups is 1. The Labute approximate surface area is 247 Å². The maximum absolute atomic E-state index is 12.5. The number of amides is 1. The van der Waals surface area contributed by atoms with Gasteiger partial charge in [-0.3, -0.25) is 4.79 Å². The van der Waals surface area contributed by atoms with Crippen LogP contribution in [0.25, 0.3) is 10.8 Å². The number of likely N-dealkylation sites (N-methyl/N-ethyl adjacent to an activating group) is 1. The lowest BCUT2D eigenvalue weighted by Crippen LogP contribution is -2.55. The van der Waals surface area contributed by atoms with Gasteiger partial charge in [0.05, 0.1) is 24.1 Å². The average molecular weight is 567 g/mol. The highest BCUT2D eigenvalue weighted by Gasteiger charge is 2.37. The summed E-state index contributed by atoms with van der Waals surface area (Å²) in [5.41, 5.74) is 2.09. The molecular weight excluding hydrogens is 528 g/mol. The molecule has 3 aliphatic rings. The summed E-state index contributed by atoms with van der Waals surface area (Å²) in [5, 5.41) is 11.9. The molecule has 3 unspecified atom stereocenters. The fourth-order valence-corrected chi connectivity index (χ4v) is 6.66. The van der Waals surface area contributed by atoms with Gasteiger partial charge in [0, 0.05) is 37.2 Å². The SMILES string of the molecule is C=CC(=O)N1CCN(c2nc(OCC3CCCN3C)nc3c2CC(C)C(c2cccc4ccccc24)O3)C[C@@H]1CC#N. The number of hydrogen-bond acceptors (Lipinski definition) is 8. The normalized spacial score (nSPS) is 24.1. The number of rotatable bonds is 7. The first-order valence-corrected chi connectivity index (χ1v) is 14.9. The predicted octanol–water partition coefficient (Wildman–Crippen LogP) is 4.53. The van der Waals surface area contributed by atoms with Crippen LogP contribution in [0.1, 0.15) is 43.4 Å². The summed E-state index contributed by atoms with van der Waals surface area (Å²) >= 11 is 0. The predicted molar refractivity (Wildman–Crippen MR) is 162 cm³/mol. The molecule has 0 aliphatic carbocycles. The number of anilines is 1. The summed E-state index contributed by atoms with van der Waals surface area (Å²) in [5.74, 6) is 1.33. The van der Waals surface area contributed by atoms with E-state index in [4.69, 9.17) is 19.4 Å². The van der Waals surface area contributed by atoms with E-state index in [1.807, 2.05) is 0 Å². The third-order valence-corrected chi connectivity index (χ3v) is 8.98. The van der Waals surface area contributed by atoms with Crippen molar-refractivity contribution in [3.63, 3.8) is 0 Å². The summed E-state index contributed by atoms with van der Waals surface area (Å²) in [6.07, 6.45) is 4.36. The van der Waals surface area contributed by atoms with Crippen LogP contribution in [0.4, 0.5) is 5.82 Å². The standard InChI is InChI=1S/C33H38N6O3/c1-4-29(40)39-18-17-38(20-24(39)14-15-34)31-28-19-22(2)30(27-13-7-10-23-9-5-6-12-26(23)27)42-32(28)36-33(35-31)41-21-25-11-8-16-37(25)3/h4-7,9-10,12-13,22,24-25,30H,1,8,11,14,16-21H2,2-3H3/t22?,24-,25?,30?/m0/s1. The van der Waals surface area contributed by atoms with Crippen LogP contribution in [-0.2, 0) is 11.2 Å². The highest BCUT2D eigenvalue weighted by atomic mass is 16.5. The number of fused-ring (bicyclic) bond motifs is 2. The van der Waals surface area contributed by atoms with Gasteiger partial charge in [-0.05, 0) is 49.7 Å². The Kier molecular flexibility index (Phi) is 7.98. The molecule has 1 aromatic heterocycles. The van der Waals surface area contributed by atoms with Gasteiger partial charge >= 0.3 is 6.01 Å². The highest BCUT2D eigenvalue weighted by molar-refractivity contribution is 5.87. The minimum Gasteiger partial charge on any atom is -0.469 e. The molecule has 4 heterocycles. The Morgan fingerprint density at radius 3 is 2.79 bits per heavy atom. The molecule has 218 valence electrons. The lowest BCUT2D eigenvalue weighted by Gasteiger charge is -2.42. The molecule has 0 saturated carbocycles. The minimum atomic E-state index is -0.262. The van der Waals surface area contributed by atoms with Gasteiger partial charge in [0.25, 0.3) is 0 Å². The van der Waals surface area contributed by atoms with Gasteiger partial charge in [0.2, 0.25) is 11.8 Å². The molecule has 9 heteroatoms. The smallest absolute Gasteiger partial charge is 0.321 e. The maximum atomic E-state index is 12.5. The molecule has 1 amide bonds. The Morgan fingerprint density at radius 1 is 1.17 bits per heavy atom. The molecule has 3 aliphatic heterocycles. The monoisotopic (exact) mass is 566 g/mol. The summed E-state index contributed by atoms with van der Waals surface area (Å²) in [6.45, 7) is 8.98. The van der Waals surface area contributed by atoms with Gasteiger partial charge in [-0.15, -0.1) is 0 Å². The number of likely N-dealkylation sites (tertiary alicyclic amines) is 1. The zero-order chi connectivity index (χ0) is 29.2. The van der Waals surface area contributed by atoms with Gasteiger partial charge in [-0.1, -0.05) is 56.0 Å². The summed E-state index contributed by atoms with van der Waals surface area (Å²) in [7, 11) is 2.12. The number of hydrogen-bond donors (Lipinski definition) is 0. The first-order valence-electron chi connectivity index (χ1n) is 14.9. The lowest BCUT2D eigenvalue weighted by atomic mass is 9.87. The van der Waals surface area contributed by atoms with Crippen LogP contribution < -0.4 is 14.4 Å². The highest BCUT2D eigenvalue weighted by Crippen LogP contribution is 2.43. The largest absolute Gasteiger partial charge is 0.469 e. The zero-order valence-electron chi connectivity index (χ0n) is 24.4. The molecular formula is C33H38N6O3. The number of aromatic nitrogens is 2. The van der Waals surface area contributed by atoms with Crippen molar-refractivity contribution in [3.8, 4) is 18.0 Å². The number of benzene rings is 2. The molecule has 42 heavy (non-hydrogen) atoms. The number of piperazine rings is 1. The number of carbonyl (C=O) groups excluding carboxylic acids is 1. The maximum Gasteiger partial charge on any atom is 0.321 e. The van der Waals surface area contributed by atoms with E-state index in [-0.39, 0.29) is 30.4 Å². The molecule has 0 spiro atoms. The van der Waals surface area contributed by atoms with Crippen LogP contribution in [0.3, 0.4) is 0 Å². The molecule has 6 rings (SSSR count). The zero-order valence-corrected chi connectivity index (χ0v) is 24.4. The van der Waals surface area contributed by atoms with Crippen molar-refractivity contribution in [2.75, 3.05) is 44.7 Å². The first kappa shape index (κ1) is 28.0. The molecule has 9 nitrogen and oxygen atoms in total. The lowest BCUT2D eigenvalue weighted by molar-refractivity contribution is -0.128. The van der Waals surface area contributed by atoms with Crippen LogP contribution in [0.5, 0.6) is 11.9 Å². The van der Waals surface area contributed by atoms with Crippen molar-refractivity contribution < 1.29 is 14.3 Å². The Morgan fingerprint density at radius 2 is 2.00 bits per heavy atom. The van der Waals surface area contributed by atoms with Crippen molar-refractivity contribution in [2.24, 2.45) is 5.92 Å². The second kappa shape index (κ2) is 12.0. The molecule has 0 bridgehead atoms. The molecule has 2 aromatic carbocycles. The molecule has 0 radical (unpaired) electrons. The van der Waals surface area contributed by atoms with Crippen LogP contribution in [0.15, 0.2) is 55.1 Å². The minimum absolute atomic E-state index is 0.154. The van der Waals surface area contributed by atoms with E-state index >= 15 is 0 Å². The quantitative estimate of drug-likeness (QED) is 0.385.